The summed E-state index contributed by atoms with van der Waals surface area (Å²) in [6.45, 7) is 0. The number of hydrogen-bond donors (Lipinski definition) is 2. The second-order valence-electron chi connectivity index (χ2n) is 4.14. The summed E-state index contributed by atoms with van der Waals surface area (Å²) in [4.78, 5) is 12.1. The highest BCUT2D eigenvalue weighted by atomic mass is 79.9. The van der Waals surface area contributed by atoms with Crippen LogP contribution in [0, 0.1) is 11.6 Å². The number of nitrogens with two attached hydrogens (primary N) is 1. The molecule has 3 nitrogen and oxygen atoms in total. The number of carbonyl (C=O) groups is 1. The van der Waals surface area contributed by atoms with Gasteiger partial charge in [0, 0.05) is 15.6 Å². The standard InChI is InChI=1S/C14H9BrF2N2OS/c15-8-2-4-12(9(6-8)13(18)21)19-14(20)7-1-3-10(16)11(17)5-7/h1-6H,(H2,18,21)(H,19,20). The third kappa shape index (κ3) is 3.62. The summed E-state index contributed by atoms with van der Waals surface area (Å²) in [5.74, 6) is -2.69. The van der Waals surface area contributed by atoms with E-state index in [4.69, 9.17) is 18.0 Å². The Kier molecular flexibility index (Phi) is 4.64. The number of halogens is 3. The van der Waals surface area contributed by atoms with E-state index in [2.05, 4.69) is 21.2 Å². The van der Waals surface area contributed by atoms with Gasteiger partial charge in [0.15, 0.2) is 11.6 Å². The van der Waals surface area contributed by atoms with Crippen LogP contribution < -0.4 is 11.1 Å². The van der Waals surface area contributed by atoms with Crippen molar-refractivity contribution in [2.75, 3.05) is 5.32 Å². The third-order valence-electron chi connectivity index (χ3n) is 2.68. The molecule has 0 spiro atoms. The first-order valence-corrected chi connectivity index (χ1v) is 6.94. The molecule has 0 fully saturated rings. The Balaban J connectivity index is 2.31. The van der Waals surface area contributed by atoms with Crippen LogP contribution in [0.5, 0.6) is 0 Å². The van der Waals surface area contributed by atoms with E-state index in [9.17, 15) is 13.6 Å². The van der Waals surface area contributed by atoms with E-state index in [0.29, 0.717) is 11.3 Å². The lowest BCUT2D eigenvalue weighted by atomic mass is 10.1. The first-order valence-electron chi connectivity index (χ1n) is 5.74. The van der Waals surface area contributed by atoms with Gasteiger partial charge in [-0.25, -0.2) is 8.78 Å². The van der Waals surface area contributed by atoms with Gasteiger partial charge in [-0.05, 0) is 36.4 Å². The zero-order valence-corrected chi connectivity index (χ0v) is 12.9. The van der Waals surface area contributed by atoms with Gasteiger partial charge in [0.1, 0.15) is 4.99 Å². The highest BCUT2D eigenvalue weighted by Gasteiger charge is 2.13. The predicted molar refractivity (Wildman–Crippen MR) is 84.3 cm³/mol. The third-order valence-corrected chi connectivity index (χ3v) is 3.39. The van der Waals surface area contributed by atoms with E-state index in [1.807, 2.05) is 0 Å². The van der Waals surface area contributed by atoms with Crippen LogP contribution in [0.3, 0.4) is 0 Å². The molecule has 3 N–H and O–H groups in total. The number of anilines is 1. The van der Waals surface area contributed by atoms with Crippen LogP contribution in [-0.4, -0.2) is 10.9 Å². The minimum absolute atomic E-state index is 0.00860. The average molecular weight is 371 g/mol. The summed E-state index contributed by atoms with van der Waals surface area (Å²) in [7, 11) is 0. The number of rotatable bonds is 3. The fraction of sp³-hybridized carbons (Fsp3) is 0. The van der Waals surface area contributed by atoms with Crippen LogP contribution in [0.4, 0.5) is 14.5 Å². The maximum Gasteiger partial charge on any atom is 0.255 e. The molecular weight excluding hydrogens is 362 g/mol. The molecule has 0 aromatic heterocycles. The molecule has 0 radical (unpaired) electrons. The van der Waals surface area contributed by atoms with E-state index in [1.165, 1.54) is 6.07 Å². The summed E-state index contributed by atoms with van der Waals surface area (Å²) in [6.07, 6.45) is 0. The Morgan fingerprint density at radius 1 is 1.14 bits per heavy atom. The molecule has 0 aliphatic rings. The minimum Gasteiger partial charge on any atom is -0.389 e. The summed E-state index contributed by atoms with van der Waals surface area (Å²) in [6, 6.07) is 7.86. The Morgan fingerprint density at radius 2 is 1.86 bits per heavy atom. The van der Waals surface area contributed by atoms with Crippen LogP contribution in [0.15, 0.2) is 40.9 Å². The molecule has 21 heavy (non-hydrogen) atoms. The summed E-state index contributed by atoms with van der Waals surface area (Å²) in [5.41, 5.74) is 6.44. The van der Waals surface area contributed by atoms with Gasteiger partial charge in [-0.3, -0.25) is 4.79 Å². The molecule has 0 unspecified atom stereocenters. The largest absolute Gasteiger partial charge is 0.389 e. The maximum atomic E-state index is 13.1. The first-order chi connectivity index (χ1) is 9.88. The fourth-order valence-corrected chi connectivity index (χ4v) is 2.19. The van der Waals surface area contributed by atoms with Crippen molar-refractivity contribution >= 4 is 44.7 Å². The second-order valence-corrected chi connectivity index (χ2v) is 5.49. The summed E-state index contributed by atoms with van der Waals surface area (Å²) >= 11 is 8.19. The topological polar surface area (TPSA) is 55.1 Å². The molecule has 0 bridgehead atoms. The van der Waals surface area contributed by atoms with Crippen molar-refractivity contribution in [3.8, 4) is 0 Å². The highest BCUT2D eigenvalue weighted by Crippen LogP contribution is 2.22. The van der Waals surface area contributed by atoms with Crippen LogP contribution in [-0.2, 0) is 0 Å². The van der Waals surface area contributed by atoms with Gasteiger partial charge in [-0.2, -0.15) is 0 Å². The monoisotopic (exact) mass is 370 g/mol. The second kappa shape index (κ2) is 6.28. The molecule has 2 aromatic carbocycles. The Hall–Kier alpha value is -1.86. The molecule has 2 rings (SSSR count). The lowest BCUT2D eigenvalue weighted by Gasteiger charge is -2.11. The molecule has 1 amide bonds. The van der Waals surface area contributed by atoms with Gasteiger partial charge in [-0.15, -0.1) is 0 Å². The van der Waals surface area contributed by atoms with Crippen molar-refractivity contribution in [2.24, 2.45) is 5.73 Å². The lowest BCUT2D eigenvalue weighted by molar-refractivity contribution is 0.102. The summed E-state index contributed by atoms with van der Waals surface area (Å²) < 4.78 is 26.7. The molecule has 7 heteroatoms. The van der Waals surface area contributed by atoms with Crippen molar-refractivity contribution in [3.05, 3.63) is 63.6 Å². The minimum atomic E-state index is -1.09. The number of amides is 1. The van der Waals surface area contributed by atoms with Crippen LogP contribution in [0.2, 0.25) is 0 Å². The van der Waals surface area contributed by atoms with E-state index in [0.717, 1.165) is 16.6 Å². The smallest absolute Gasteiger partial charge is 0.255 e. The SMILES string of the molecule is NC(=S)c1cc(Br)ccc1NC(=O)c1ccc(F)c(F)c1. The van der Waals surface area contributed by atoms with Crippen molar-refractivity contribution in [1.29, 1.82) is 0 Å². The van der Waals surface area contributed by atoms with E-state index in [1.54, 1.807) is 18.2 Å². The van der Waals surface area contributed by atoms with Gasteiger partial charge in [0.05, 0.1) is 5.69 Å². The Bertz CT molecular complexity index is 737. The molecule has 0 atom stereocenters. The maximum absolute atomic E-state index is 13.1. The number of nitrogens with one attached hydrogen (secondary N) is 1. The zero-order valence-electron chi connectivity index (χ0n) is 10.5. The molecule has 0 heterocycles. The number of thiocarbonyl (C=S) groups is 1. The molecule has 0 aliphatic heterocycles. The van der Waals surface area contributed by atoms with Crippen molar-refractivity contribution in [3.63, 3.8) is 0 Å². The van der Waals surface area contributed by atoms with Crippen molar-refractivity contribution in [1.82, 2.24) is 0 Å². The van der Waals surface area contributed by atoms with Gasteiger partial charge in [0.25, 0.3) is 5.91 Å². The highest BCUT2D eigenvalue weighted by molar-refractivity contribution is 9.10. The predicted octanol–water partition coefficient (Wildman–Crippen LogP) is 3.61. The molecule has 2 aromatic rings. The molecule has 0 aliphatic carbocycles. The van der Waals surface area contributed by atoms with Gasteiger partial charge in [-0.1, -0.05) is 28.1 Å². The van der Waals surface area contributed by atoms with E-state index in [-0.39, 0.29) is 10.6 Å². The average Bonchev–Trinajstić information content (AvgIpc) is 2.43. The molecule has 0 saturated heterocycles. The van der Waals surface area contributed by atoms with E-state index >= 15 is 0 Å². The lowest BCUT2D eigenvalue weighted by Crippen LogP contribution is -2.18. The van der Waals surface area contributed by atoms with Gasteiger partial charge < -0.3 is 11.1 Å². The van der Waals surface area contributed by atoms with Crippen molar-refractivity contribution < 1.29 is 13.6 Å². The molecule has 108 valence electrons. The fourth-order valence-electron chi connectivity index (χ4n) is 1.66. The van der Waals surface area contributed by atoms with Crippen LogP contribution >= 0.6 is 28.1 Å². The molecular formula is C14H9BrF2N2OS. The van der Waals surface area contributed by atoms with Crippen LogP contribution in [0.25, 0.3) is 0 Å². The number of hydrogen-bond acceptors (Lipinski definition) is 2. The Labute approximate surface area is 133 Å². The van der Waals surface area contributed by atoms with Gasteiger partial charge in [0.2, 0.25) is 0 Å². The van der Waals surface area contributed by atoms with Crippen LogP contribution in [0.1, 0.15) is 15.9 Å². The normalized spacial score (nSPS) is 10.2. The quantitative estimate of drug-likeness (QED) is 0.811. The Morgan fingerprint density at radius 3 is 2.48 bits per heavy atom. The summed E-state index contributed by atoms with van der Waals surface area (Å²) in [5, 5.41) is 2.57. The van der Waals surface area contributed by atoms with Crippen molar-refractivity contribution in [2.45, 2.75) is 0 Å². The first kappa shape index (κ1) is 15.5. The van der Waals surface area contributed by atoms with Gasteiger partial charge >= 0.3 is 0 Å². The number of carbonyl (C=O) groups excluding carboxylic acids is 1. The zero-order chi connectivity index (χ0) is 15.6. The number of benzene rings is 2. The van der Waals surface area contributed by atoms with E-state index < -0.39 is 17.5 Å². The molecule has 0 saturated carbocycles.